The second-order valence-corrected chi connectivity index (χ2v) is 5.49. The molecule has 0 aliphatic carbocycles. The molecule has 1 saturated heterocycles. The van der Waals surface area contributed by atoms with Crippen LogP contribution < -0.4 is 5.73 Å². The van der Waals surface area contributed by atoms with Gasteiger partial charge in [0.1, 0.15) is 0 Å². The number of hydrogen-bond donors (Lipinski definition) is 1. The zero-order valence-electron chi connectivity index (χ0n) is 12.4. The molecule has 0 spiro atoms. The van der Waals surface area contributed by atoms with Crippen molar-refractivity contribution in [3.63, 3.8) is 0 Å². The predicted molar refractivity (Wildman–Crippen MR) is 82.7 cm³/mol. The highest BCUT2D eigenvalue weighted by atomic mass is 35.5. The van der Waals surface area contributed by atoms with Crippen LogP contribution in [0, 0.1) is 0 Å². The molecule has 1 fully saturated rings. The monoisotopic (exact) mass is 291 g/mol. The number of halogens is 1. The quantitative estimate of drug-likeness (QED) is 0.729. The van der Waals surface area contributed by atoms with Crippen molar-refractivity contribution in [3.05, 3.63) is 0 Å². The Balaban J connectivity index is 0.00000324. The summed E-state index contributed by atoms with van der Waals surface area (Å²) in [5.74, 6) is 0.317. The Morgan fingerprint density at radius 1 is 1.21 bits per heavy atom. The fourth-order valence-corrected chi connectivity index (χ4v) is 2.54. The molecular weight excluding hydrogens is 262 g/mol. The Morgan fingerprint density at radius 2 is 1.79 bits per heavy atom. The summed E-state index contributed by atoms with van der Waals surface area (Å²) in [7, 11) is 4.12. The van der Waals surface area contributed by atoms with Crippen LogP contribution in [0.1, 0.15) is 44.9 Å². The van der Waals surface area contributed by atoms with Gasteiger partial charge in [0.15, 0.2) is 0 Å². The number of likely N-dealkylation sites (tertiary alicyclic amines) is 1. The average Bonchev–Trinajstić information content (AvgIpc) is 2.38. The number of nitrogens with two attached hydrogens (primary N) is 1. The molecule has 1 aliphatic rings. The molecule has 2 N–H and O–H groups in total. The van der Waals surface area contributed by atoms with Crippen molar-refractivity contribution in [2.45, 2.75) is 51.0 Å². The van der Waals surface area contributed by atoms with Gasteiger partial charge in [-0.1, -0.05) is 12.8 Å². The molecule has 0 aromatic heterocycles. The Labute approximate surface area is 124 Å². The molecule has 4 nitrogen and oxygen atoms in total. The normalized spacial score (nSPS) is 17.0. The Hall–Kier alpha value is -0.320. The molecule has 0 unspecified atom stereocenters. The molecule has 1 heterocycles. The molecular formula is C14H30ClN3O. The summed E-state index contributed by atoms with van der Waals surface area (Å²) in [6, 6.07) is 0.456. The third kappa shape index (κ3) is 7.14. The number of unbranched alkanes of at least 4 members (excludes halogenated alkanes) is 3. The van der Waals surface area contributed by atoms with Crippen LogP contribution in [0.4, 0.5) is 0 Å². The number of hydrogen-bond acceptors (Lipinski definition) is 3. The van der Waals surface area contributed by atoms with Crippen molar-refractivity contribution >= 4 is 18.3 Å². The first-order chi connectivity index (χ1) is 8.65. The topological polar surface area (TPSA) is 49.6 Å². The van der Waals surface area contributed by atoms with E-state index < -0.39 is 0 Å². The standard InChI is InChI=1S/C14H29N3O.ClH/c1-16-11-8-13(9-12-16)17(2)14(18)7-5-3-4-6-10-15;/h13H,3-12,15H2,1-2H3;1H. The van der Waals surface area contributed by atoms with Gasteiger partial charge in [-0.05, 0) is 52.4 Å². The zero-order valence-corrected chi connectivity index (χ0v) is 13.3. The van der Waals surface area contributed by atoms with Crippen LogP contribution in [0.15, 0.2) is 0 Å². The van der Waals surface area contributed by atoms with Crippen LogP contribution in [0.2, 0.25) is 0 Å². The van der Waals surface area contributed by atoms with Gasteiger partial charge in [-0.15, -0.1) is 12.4 Å². The lowest BCUT2D eigenvalue weighted by molar-refractivity contribution is -0.132. The number of nitrogens with zero attached hydrogens (tertiary/aromatic N) is 2. The van der Waals surface area contributed by atoms with Crippen molar-refractivity contribution in [1.82, 2.24) is 9.80 Å². The molecule has 5 heteroatoms. The lowest BCUT2D eigenvalue weighted by atomic mass is 10.0. The maximum Gasteiger partial charge on any atom is 0.222 e. The third-order valence-corrected chi connectivity index (χ3v) is 3.97. The Kier molecular flexibility index (Phi) is 10.3. The van der Waals surface area contributed by atoms with E-state index in [1.807, 2.05) is 11.9 Å². The van der Waals surface area contributed by atoms with Crippen molar-refractivity contribution in [2.75, 3.05) is 33.7 Å². The van der Waals surface area contributed by atoms with E-state index in [4.69, 9.17) is 5.73 Å². The summed E-state index contributed by atoms with van der Waals surface area (Å²) < 4.78 is 0. The molecule has 0 aromatic rings. The molecule has 1 amide bonds. The van der Waals surface area contributed by atoms with E-state index in [1.165, 1.54) is 0 Å². The number of carbonyl (C=O) groups excluding carboxylic acids is 1. The van der Waals surface area contributed by atoms with Gasteiger partial charge in [-0.25, -0.2) is 0 Å². The number of piperidine rings is 1. The summed E-state index contributed by atoms with van der Waals surface area (Å²) in [5.41, 5.74) is 5.45. The van der Waals surface area contributed by atoms with Gasteiger partial charge in [0.05, 0.1) is 0 Å². The van der Waals surface area contributed by atoms with Crippen LogP contribution in [0.3, 0.4) is 0 Å². The molecule has 0 saturated carbocycles. The minimum Gasteiger partial charge on any atom is -0.343 e. The van der Waals surface area contributed by atoms with E-state index in [9.17, 15) is 4.79 Å². The largest absolute Gasteiger partial charge is 0.343 e. The van der Waals surface area contributed by atoms with E-state index in [1.54, 1.807) is 0 Å². The first-order valence-corrected chi connectivity index (χ1v) is 7.29. The van der Waals surface area contributed by atoms with Crippen molar-refractivity contribution in [2.24, 2.45) is 5.73 Å². The van der Waals surface area contributed by atoms with Gasteiger partial charge in [0.25, 0.3) is 0 Å². The maximum absolute atomic E-state index is 12.0. The van der Waals surface area contributed by atoms with Crippen LogP contribution in [0.25, 0.3) is 0 Å². The third-order valence-electron chi connectivity index (χ3n) is 3.97. The van der Waals surface area contributed by atoms with Gasteiger partial charge in [-0.2, -0.15) is 0 Å². The SMILES string of the molecule is CN1CCC(N(C)C(=O)CCCCCCN)CC1.Cl. The molecule has 1 aliphatic heterocycles. The first-order valence-electron chi connectivity index (χ1n) is 7.29. The summed E-state index contributed by atoms with van der Waals surface area (Å²) in [5, 5.41) is 0. The van der Waals surface area contributed by atoms with Gasteiger partial charge >= 0.3 is 0 Å². The predicted octanol–water partition coefficient (Wildman–Crippen LogP) is 1.87. The molecule has 0 aromatic carbocycles. The first kappa shape index (κ1) is 18.7. The number of rotatable bonds is 7. The van der Waals surface area contributed by atoms with Crippen LogP contribution in [-0.2, 0) is 4.79 Å². The number of carbonyl (C=O) groups is 1. The van der Waals surface area contributed by atoms with Gasteiger partial charge in [0, 0.05) is 19.5 Å². The highest BCUT2D eigenvalue weighted by Crippen LogP contribution is 2.15. The fourth-order valence-electron chi connectivity index (χ4n) is 2.54. The highest BCUT2D eigenvalue weighted by Gasteiger charge is 2.23. The van der Waals surface area contributed by atoms with Gasteiger partial charge in [0.2, 0.25) is 5.91 Å². The molecule has 19 heavy (non-hydrogen) atoms. The van der Waals surface area contributed by atoms with Crippen LogP contribution in [-0.4, -0.2) is 55.5 Å². The van der Waals surface area contributed by atoms with E-state index in [-0.39, 0.29) is 12.4 Å². The van der Waals surface area contributed by atoms with E-state index >= 15 is 0 Å². The molecule has 0 radical (unpaired) electrons. The smallest absolute Gasteiger partial charge is 0.222 e. The van der Waals surface area contributed by atoms with Gasteiger partial charge < -0.3 is 15.5 Å². The summed E-state index contributed by atoms with van der Waals surface area (Å²) in [4.78, 5) is 16.4. The molecule has 114 valence electrons. The van der Waals surface area contributed by atoms with E-state index in [2.05, 4.69) is 11.9 Å². The van der Waals surface area contributed by atoms with Crippen molar-refractivity contribution in [1.29, 1.82) is 0 Å². The minimum atomic E-state index is 0. The summed E-state index contributed by atoms with van der Waals surface area (Å²) in [6.45, 7) is 2.99. The lowest BCUT2D eigenvalue weighted by Gasteiger charge is -2.35. The van der Waals surface area contributed by atoms with Crippen LogP contribution >= 0.6 is 12.4 Å². The van der Waals surface area contributed by atoms with E-state index in [0.29, 0.717) is 18.4 Å². The highest BCUT2D eigenvalue weighted by molar-refractivity contribution is 5.85. The fraction of sp³-hybridized carbons (Fsp3) is 0.929. The maximum atomic E-state index is 12.0. The Morgan fingerprint density at radius 3 is 2.37 bits per heavy atom. The molecule has 1 rings (SSSR count). The minimum absolute atomic E-state index is 0. The zero-order chi connectivity index (χ0) is 13.4. The lowest BCUT2D eigenvalue weighted by Crippen LogP contribution is -2.44. The van der Waals surface area contributed by atoms with Gasteiger partial charge in [-0.3, -0.25) is 4.79 Å². The summed E-state index contributed by atoms with van der Waals surface area (Å²) in [6.07, 6.45) is 7.31. The van der Waals surface area contributed by atoms with E-state index in [0.717, 1.165) is 58.2 Å². The number of amides is 1. The van der Waals surface area contributed by atoms with Crippen LogP contribution in [0.5, 0.6) is 0 Å². The van der Waals surface area contributed by atoms with Crippen molar-refractivity contribution in [3.8, 4) is 0 Å². The Bertz CT molecular complexity index is 243. The second kappa shape index (κ2) is 10.5. The van der Waals surface area contributed by atoms with Crippen molar-refractivity contribution < 1.29 is 4.79 Å². The second-order valence-electron chi connectivity index (χ2n) is 5.49. The average molecular weight is 292 g/mol. The molecule has 0 bridgehead atoms. The summed E-state index contributed by atoms with van der Waals surface area (Å²) >= 11 is 0. The molecule has 0 atom stereocenters.